The zero-order valence-corrected chi connectivity index (χ0v) is 19.1. The molecular formula is C23H27N3O5S. The van der Waals surface area contributed by atoms with Gasteiger partial charge in [-0.3, -0.25) is 14.4 Å². The molecule has 0 aliphatic heterocycles. The van der Waals surface area contributed by atoms with E-state index in [9.17, 15) is 13.2 Å². The van der Waals surface area contributed by atoms with E-state index in [4.69, 9.17) is 9.15 Å². The molecule has 0 radical (unpaired) electrons. The molecule has 0 aliphatic carbocycles. The molecule has 170 valence electrons. The van der Waals surface area contributed by atoms with Crippen molar-refractivity contribution in [3.8, 4) is 5.75 Å². The average Bonchev–Trinajstić information content (AvgIpc) is 3.28. The van der Waals surface area contributed by atoms with E-state index >= 15 is 0 Å². The number of benzene rings is 2. The highest BCUT2D eigenvalue weighted by Gasteiger charge is 2.19. The molecule has 0 saturated carbocycles. The van der Waals surface area contributed by atoms with E-state index in [0.717, 1.165) is 5.76 Å². The van der Waals surface area contributed by atoms with Crippen LogP contribution >= 0.6 is 0 Å². The summed E-state index contributed by atoms with van der Waals surface area (Å²) in [5, 5.41) is 2.88. The molecule has 3 rings (SSSR count). The fraction of sp³-hybridized carbons (Fsp3) is 0.261. The quantitative estimate of drug-likeness (QED) is 0.483. The topological polar surface area (TPSA) is 101 Å². The Kier molecular flexibility index (Phi) is 7.55. The highest BCUT2D eigenvalue weighted by molar-refractivity contribution is 7.92. The smallest absolute Gasteiger partial charge is 0.261 e. The molecule has 1 aromatic heterocycles. The summed E-state index contributed by atoms with van der Waals surface area (Å²) in [5.74, 6) is 1.02. The number of ether oxygens (including phenoxy) is 1. The third-order valence-corrected chi connectivity index (χ3v) is 6.17. The van der Waals surface area contributed by atoms with Crippen molar-refractivity contribution >= 4 is 21.6 Å². The van der Waals surface area contributed by atoms with E-state index in [1.54, 1.807) is 42.7 Å². The average molecular weight is 458 g/mol. The minimum atomic E-state index is -3.81. The van der Waals surface area contributed by atoms with Gasteiger partial charge in [-0.05, 0) is 75.6 Å². The van der Waals surface area contributed by atoms with Gasteiger partial charge in [-0.2, -0.15) is 0 Å². The number of carbonyl (C=O) groups excluding carboxylic acids is 1. The van der Waals surface area contributed by atoms with Crippen LogP contribution in [0.15, 0.2) is 76.2 Å². The number of carbonyl (C=O) groups is 1. The predicted molar refractivity (Wildman–Crippen MR) is 122 cm³/mol. The lowest BCUT2D eigenvalue weighted by atomic mass is 10.1. The second kappa shape index (κ2) is 10.3. The summed E-state index contributed by atoms with van der Waals surface area (Å²) in [7, 11) is -0.0135. The third kappa shape index (κ3) is 5.89. The Balaban J connectivity index is 1.68. The van der Waals surface area contributed by atoms with Gasteiger partial charge < -0.3 is 14.5 Å². The monoisotopic (exact) mass is 457 g/mol. The van der Waals surface area contributed by atoms with Gasteiger partial charge >= 0.3 is 0 Å². The van der Waals surface area contributed by atoms with E-state index < -0.39 is 10.0 Å². The molecule has 2 aromatic carbocycles. The lowest BCUT2D eigenvalue weighted by Crippen LogP contribution is -2.34. The molecule has 0 fully saturated rings. The van der Waals surface area contributed by atoms with Crippen LogP contribution in [0.1, 0.15) is 29.1 Å². The normalized spacial score (nSPS) is 12.4. The van der Waals surface area contributed by atoms with Gasteiger partial charge in [0.2, 0.25) is 0 Å². The number of sulfonamides is 1. The van der Waals surface area contributed by atoms with E-state index in [1.165, 1.54) is 18.2 Å². The van der Waals surface area contributed by atoms with Crippen LogP contribution < -0.4 is 14.8 Å². The van der Waals surface area contributed by atoms with Gasteiger partial charge in [0.25, 0.3) is 15.9 Å². The van der Waals surface area contributed by atoms with Gasteiger partial charge in [0.05, 0.1) is 23.8 Å². The van der Waals surface area contributed by atoms with Crippen molar-refractivity contribution in [1.29, 1.82) is 0 Å². The van der Waals surface area contributed by atoms with E-state index in [-0.39, 0.29) is 16.8 Å². The van der Waals surface area contributed by atoms with Crippen LogP contribution in [0.25, 0.3) is 0 Å². The lowest BCUT2D eigenvalue weighted by Gasteiger charge is -2.22. The fourth-order valence-electron chi connectivity index (χ4n) is 3.13. The van der Waals surface area contributed by atoms with Gasteiger partial charge in [-0.15, -0.1) is 0 Å². The summed E-state index contributed by atoms with van der Waals surface area (Å²) in [4.78, 5) is 14.7. The zero-order chi connectivity index (χ0) is 23.1. The van der Waals surface area contributed by atoms with Gasteiger partial charge in [0, 0.05) is 17.8 Å². The fourth-order valence-corrected chi connectivity index (χ4v) is 4.18. The second-order valence-electron chi connectivity index (χ2n) is 7.30. The summed E-state index contributed by atoms with van der Waals surface area (Å²) in [6.07, 6.45) is 1.59. The molecule has 1 heterocycles. The number of hydrogen-bond donors (Lipinski definition) is 2. The van der Waals surface area contributed by atoms with Crippen molar-refractivity contribution in [3.63, 3.8) is 0 Å². The molecule has 32 heavy (non-hydrogen) atoms. The summed E-state index contributed by atoms with van der Waals surface area (Å²) in [5.41, 5.74) is 0.635. The van der Waals surface area contributed by atoms with Gasteiger partial charge in [-0.25, -0.2) is 8.42 Å². The van der Waals surface area contributed by atoms with Crippen LogP contribution in [-0.4, -0.2) is 46.5 Å². The summed E-state index contributed by atoms with van der Waals surface area (Å²) in [6.45, 7) is 2.69. The minimum absolute atomic E-state index is 0.100. The number of nitrogens with zero attached hydrogens (tertiary/aromatic N) is 1. The Morgan fingerprint density at radius 1 is 1.09 bits per heavy atom. The molecule has 0 aliphatic rings. The van der Waals surface area contributed by atoms with Crippen molar-refractivity contribution in [2.45, 2.75) is 17.9 Å². The van der Waals surface area contributed by atoms with Gasteiger partial charge in [-0.1, -0.05) is 6.07 Å². The van der Waals surface area contributed by atoms with Crippen LogP contribution in [0.4, 0.5) is 5.69 Å². The molecule has 0 unspecified atom stereocenters. The predicted octanol–water partition coefficient (Wildman–Crippen LogP) is 3.51. The number of anilines is 1. The molecule has 0 saturated heterocycles. The summed E-state index contributed by atoms with van der Waals surface area (Å²) >= 11 is 0. The van der Waals surface area contributed by atoms with Gasteiger partial charge in [0.15, 0.2) is 0 Å². The molecular weight excluding hydrogens is 430 g/mol. The summed E-state index contributed by atoms with van der Waals surface area (Å²) in [6, 6.07) is 16.0. The Bertz CT molecular complexity index is 1130. The second-order valence-corrected chi connectivity index (χ2v) is 8.98. The lowest BCUT2D eigenvalue weighted by molar-refractivity contribution is 0.0939. The largest absolute Gasteiger partial charge is 0.494 e. The van der Waals surface area contributed by atoms with Gasteiger partial charge in [0.1, 0.15) is 11.5 Å². The Morgan fingerprint density at radius 2 is 1.84 bits per heavy atom. The van der Waals surface area contributed by atoms with E-state index in [0.29, 0.717) is 30.2 Å². The first-order valence-corrected chi connectivity index (χ1v) is 11.6. The first-order valence-electron chi connectivity index (χ1n) is 10.1. The molecule has 0 spiro atoms. The molecule has 2 N–H and O–H groups in total. The van der Waals surface area contributed by atoms with Crippen molar-refractivity contribution in [3.05, 3.63) is 78.3 Å². The highest BCUT2D eigenvalue weighted by Crippen LogP contribution is 2.21. The Hall–Kier alpha value is -3.30. The molecule has 8 nitrogen and oxygen atoms in total. The van der Waals surface area contributed by atoms with Crippen molar-refractivity contribution in [2.75, 3.05) is 32.0 Å². The minimum Gasteiger partial charge on any atom is -0.494 e. The number of furan rings is 1. The highest BCUT2D eigenvalue weighted by atomic mass is 32.2. The van der Waals surface area contributed by atoms with Crippen LogP contribution in [0.3, 0.4) is 0 Å². The molecule has 1 amide bonds. The number of nitrogens with one attached hydrogen (secondary N) is 2. The van der Waals surface area contributed by atoms with Crippen molar-refractivity contribution in [2.24, 2.45) is 0 Å². The number of likely N-dealkylation sites (N-methyl/N-ethyl adjacent to an activating group) is 1. The van der Waals surface area contributed by atoms with E-state index in [1.807, 2.05) is 32.0 Å². The molecule has 1 atom stereocenters. The van der Waals surface area contributed by atoms with Crippen molar-refractivity contribution < 1.29 is 22.4 Å². The Morgan fingerprint density at radius 3 is 2.47 bits per heavy atom. The van der Waals surface area contributed by atoms with Crippen LogP contribution in [0, 0.1) is 0 Å². The SMILES string of the molecule is CCOc1ccc(S(=O)(=O)Nc2cccc(C(=O)NC[C@@H](c3ccco3)N(C)C)c2)cc1. The van der Waals surface area contributed by atoms with E-state index in [2.05, 4.69) is 10.0 Å². The molecule has 0 bridgehead atoms. The maximum absolute atomic E-state index is 12.7. The number of rotatable bonds is 10. The first-order chi connectivity index (χ1) is 15.3. The number of hydrogen-bond acceptors (Lipinski definition) is 6. The Labute approximate surface area is 188 Å². The van der Waals surface area contributed by atoms with Crippen LogP contribution in [0.2, 0.25) is 0 Å². The zero-order valence-electron chi connectivity index (χ0n) is 18.2. The maximum atomic E-state index is 12.7. The van der Waals surface area contributed by atoms with Crippen LogP contribution in [0.5, 0.6) is 5.75 Å². The summed E-state index contributed by atoms with van der Waals surface area (Å²) < 4.78 is 38.7. The van der Waals surface area contributed by atoms with Crippen molar-refractivity contribution in [1.82, 2.24) is 10.2 Å². The molecule has 9 heteroatoms. The third-order valence-electron chi connectivity index (χ3n) is 4.77. The maximum Gasteiger partial charge on any atom is 0.261 e. The standard InChI is InChI=1S/C23H27N3O5S/c1-4-30-19-10-12-20(13-11-19)32(28,29)25-18-8-5-7-17(15-18)23(27)24-16-21(26(2)3)22-9-6-14-31-22/h5-15,21,25H,4,16H2,1-3H3,(H,24,27)/t21-/m0/s1. The number of amides is 1. The van der Waals surface area contributed by atoms with Crippen LogP contribution in [-0.2, 0) is 10.0 Å². The first kappa shape index (κ1) is 23.4. The molecule has 3 aromatic rings.